The van der Waals surface area contributed by atoms with Crippen molar-refractivity contribution >= 4 is 13.2 Å². The van der Waals surface area contributed by atoms with Gasteiger partial charge in [-0.2, -0.15) is 0 Å². The predicted octanol–water partition coefficient (Wildman–Crippen LogP) is 3.30. The van der Waals surface area contributed by atoms with Gasteiger partial charge in [-0.25, -0.2) is 0 Å². The van der Waals surface area contributed by atoms with E-state index in [2.05, 4.69) is 60.1 Å². The van der Waals surface area contributed by atoms with E-state index in [4.69, 9.17) is 9.05 Å². The molecular formula is C17H20NO2P. The fourth-order valence-corrected chi connectivity index (χ4v) is 7.19. The van der Waals surface area contributed by atoms with Crippen molar-refractivity contribution in [2.24, 2.45) is 0 Å². The van der Waals surface area contributed by atoms with Crippen LogP contribution in [0.4, 0.5) is 0 Å². The van der Waals surface area contributed by atoms with E-state index in [1.165, 1.54) is 10.9 Å². The predicted molar refractivity (Wildman–Crippen MR) is 86.8 cm³/mol. The minimum atomic E-state index is -2.45. The third-order valence-electron chi connectivity index (χ3n) is 4.49. The van der Waals surface area contributed by atoms with Crippen molar-refractivity contribution < 1.29 is 9.05 Å². The molecular weight excluding hydrogens is 281 g/mol. The molecule has 3 nitrogen and oxygen atoms in total. The Balaban J connectivity index is 1.75. The first-order chi connectivity index (χ1) is 10.3. The summed E-state index contributed by atoms with van der Waals surface area (Å²) in [5.41, 5.74) is 1.24. The summed E-state index contributed by atoms with van der Waals surface area (Å²) in [7, 11) is -2.45. The molecule has 2 aliphatic heterocycles. The van der Waals surface area contributed by atoms with Crippen molar-refractivity contribution in [3.63, 3.8) is 0 Å². The number of nitrogens with zero attached hydrogens (tertiary/aromatic N) is 1. The summed E-state index contributed by atoms with van der Waals surface area (Å²) in [5, 5.41) is 1.22. The van der Waals surface area contributed by atoms with Crippen molar-refractivity contribution in [2.75, 3.05) is 13.2 Å². The van der Waals surface area contributed by atoms with Gasteiger partial charge >= 0.3 is 125 Å². The zero-order valence-corrected chi connectivity index (χ0v) is 13.1. The van der Waals surface area contributed by atoms with E-state index in [0.29, 0.717) is 6.04 Å². The van der Waals surface area contributed by atoms with Crippen LogP contribution in [0.5, 0.6) is 0 Å². The van der Waals surface area contributed by atoms with Gasteiger partial charge in [-0.05, 0) is 0 Å². The molecule has 4 heteroatoms. The molecule has 0 aliphatic carbocycles. The third-order valence-corrected chi connectivity index (χ3v) is 8.11. The zero-order valence-electron chi connectivity index (χ0n) is 12.1. The van der Waals surface area contributed by atoms with Gasteiger partial charge in [-0.1, -0.05) is 0 Å². The van der Waals surface area contributed by atoms with Crippen molar-refractivity contribution in [2.45, 2.75) is 19.1 Å². The molecule has 2 saturated heterocycles. The van der Waals surface area contributed by atoms with E-state index in [9.17, 15) is 0 Å². The van der Waals surface area contributed by atoms with Gasteiger partial charge in [0.05, 0.1) is 0 Å². The summed E-state index contributed by atoms with van der Waals surface area (Å²) < 4.78 is 15.3. The Morgan fingerprint density at radius 1 is 1.00 bits per heavy atom. The second-order valence-electron chi connectivity index (χ2n) is 5.68. The van der Waals surface area contributed by atoms with Gasteiger partial charge in [-0.15, -0.1) is 0 Å². The molecule has 2 aromatic carbocycles. The Morgan fingerprint density at radius 2 is 1.67 bits per heavy atom. The van der Waals surface area contributed by atoms with Crippen LogP contribution in [-0.4, -0.2) is 23.9 Å². The molecule has 0 saturated carbocycles. The maximum atomic E-state index is 6.60. The van der Waals surface area contributed by atoms with Crippen LogP contribution in [0.25, 0.3) is 0 Å². The summed E-state index contributed by atoms with van der Waals surface area (Å²) in [6.07, 6.45) is 0.0957. The molecule has 0 unspecified atom stereocenters. The SMILES string of the molecule is C[C@H]1[C@@H](c2ccccc2)O[PH]2(c3ccccc3)OCCN12. The topological polar surface area (TPSA) is 21.7 Å². The summed E-state index contributed by atoms with van der Waals surface area (Å²) in [6.45, 7) is 3.99. The quantitative estimate of drug-likeness (QED) is 0.795. The van der Waals surface area contributed by atoms with Gasteiger partial charge in [0.1, 0.15) is 0 Å². The van der Waals surface area contributed by atoms with Gasteiger partial charge < -0.3 is 0 Å². The maximum absolute atomic E-state index is 6.60. The number of hydrogen-bond donors (Lipinski definition) is 0. The van der Waals surface area contributed by atoms with Gasteiger partial charge in [-0.3, -0.25) is 0 Å². The summed E-state index contributed by atoms with van der Waals surface area (Å²) in [5.74, 6) is 0. The fourth-order valence-electron chi connectivity index (χ4n) is 3.48. The van der Waals surface area contributed by atoms with Crippen LogP contribution in [0, 0.1) is 0 Å². The first-order valence-corrected chi connectivity index (χ1v) is 9.27. The molecule has 4 rings (SSSR count). The summed E-state index contributed by atoms with van der Waals surface area (Å²) in [4.78, 5) is 0. The fraction of sp³-hybridized carbons (Fsp3) is 0.294. The molecule has 2 aromatic rings. The molecule has 2 aliphatic rings. The second-order valence-corrected chi connectivity index (χ2v) is 8.52. The molecule has 0 aromatic heterocycles. The molecule has 2 heterocycles. The van der Waals surface area contributed by atoms with Gasteiger partial charge in [0.25, 0.3) is 0 Å². The molecule has 0 spiro atoms. The van der Waals surface area contributed by atoms with Gasteiger partial charge in [0.15, 0.2) is 0 Å². The van der Waals surface area contributed by atoms with Crippen molar-refractivity contribution in [3.05, 3.63) is 66.2 Å². The van der Waals surface area contributed by atoms with Crippen molar-refractivity contribution in [3.8, 4) is 0 Å². The van der Waals surface area contributed by atoms with Crippen LogP contribution in [-0.2, 0) is 9.05 Å². The molecule has 0 N–H and O–H groups in total. The standard InChI is InChI=1S/C17H20NO2P/c1-14-17(15-8-4-2-5-9-15)20-21(18(14)12-13-19-21)16-10-6-3-7-11-16/h2-11,14,17,21H,12-13H2,1H3/t14-,17-/m0/s1. The molecule has 0 radical (unpaired) electrons. The average Bonchev–Trinajstić information content (AvgIpc) is 3.09. The van der Waals surface area contributed by atoms with Crippen molar-refractivity contribution in [1.82, 2.24) is 4.67 Å². The molecule has 21 heavy (non-hydrogen) atoms. The molecule has 0 bridgehead atoms. The Bertz CT molecular complexity index is 621. The first kappa shape index (κ1) is 13.4. The Hall–Kier alpha value is -1.25. The van der Waals surface area contributed by atoms with E-state index in [-0.39, 0.29) is 6.10 Å². The van der Waals surface area contributed by atoms with E-state index < -0.39 is 7.87 Å². The number of rotatable bonds is 2. The summed E-state index contributed by atoms with van der Waals surface area (Å²) >= 11 is 0. The first-order valence-electron chi connectivity index (χ1n) is 7.50. The van der Waals surface area contributed by atoms with Crippen molar-refractivity contribution in [1.29, 1.82) is 0 Å². The molecule has 0 amide bonds. The number of benzene rings is 2. The van der Waals surface area contributed by atoms with Crippen LogP contribution in [0.2, 0.25) is 0 Å². The Morgan fingerprint density at radius 3 is 2.38 bits per heavy atom. The van der Waals surface area contributed by atoms with E-state index >= 15 is 0 Å². The normalized spacial score (nSPS) is 29.2. The van der Waals surface area contributed by atoms with Crippen LogP contribution < -0.4 is 5.30 Å². The molecule has 2 atom stereocenters. The summed E-state index contributed by atoms with van der Waals surface area (Å²) in [6, 6.07) is 21.3. The molecule has 110 valence electrons. The monoisotopic (exact) mass is 301 g/mol. The van der Waals surface area contributed by atoms with Crippen LogP contribution in [0.3, 0.4) is 0 Å². The minimum absolute atomic E-state index is 0.0957. The van der Waals surface area contributed by atoms with E-state index in [1.54, 1.807) is 0 Å². The number of fused-ring (bicyclic) bond motifs is 1. The Kier molecular flexibility index (Phi) is 3.31. The van der Waals surface area contributed by atoms with E-state index in [1.807, 2.05) is 12.1 Å². The zero-order chi connectivity index (χ0) is 14.3. The van der Waals surface area contributed by atoms with Crippen LogP contribution in [0.1, 0.15) is 18.6 Å². The van der Waals surface area contributed by atoms with Gasteiger partial charge in [0, 0.05) is 0 Å². The third kappa shape index (κ3) is 2.04. The van der Waals surface area contributed by atoms with Crippen LogP contribution >= 0.6 is 7.87 Å². The Labute approximate surface area is 126 Å². The van der Waals surface area contributed by atoms with E-state index in [0.717, 1.165) is 13.2 Å². The average molecular weight is 301 g/mol. The number of hydrogen-bond acceptors (Lipinski definition) is 3. The van der Waals surface area contributed by atoms with Gasteiger partial charge in [0.2, 0.25) is 0 Å². The second kappa shape index (κ2) is 5.19. The molecule has 2 fully saturated rings. The van der Waals surface area contributed by atoms with Crippen LogP contribution in [0.15, 0.2) is 60.7 Å².